The first-order chi connectivity index (χ1) is 8.37. The number of amides is 1. The van der Waals surface area contributed by atoms with E-state index in [2.05, 4.69) is 0 Å². The van der Waals surface area contributed by atoms with Gasteiger partial charge in [-0.05, 0) is 7.05 Å². The molecule has 1 amide bonds. The van der Waals surface area contributed by atoms with Crippen LogP contribution in [0.3, 0.4) is 0 Å². The molecule has 3 N–H and O–H groups in total. The Bertz CT molecular complexity index is 331. The van der Waals surface area contributed by atoms with E-state index in [-0.39, 0.29) is 31.1 Å². The Hall–Kier alpha value is -0.700. The lowest BCUT2D eigenvalue weighted by atomic mass is 10.5. The molecule has 0 spiro atoms. The zero-order chi connectivity index (χ0) is 14.0. The monoisotopic (exact) mass is 282 g/mol. The molecule has 0 saturated carbocycles. The van der Waals surface area contributed by atoms with Crippen molar-refractivity contribution in [1.29, 1.82) is 0 Å². The Balaban J connectivity index is 3.75. The van der Waals surface area contributed by atoms with Crippen molar-refractivity contribution in [2.75, 3.05) is 51.5 Å². The Morgan fingerprint density at radius 2 is 1.94 bits per heavy atom. The van der Waals surface area contributed by atoms with Gasteiger partial charge in [-0.15, -0.1) is 0 Å². The van der Waals surface area contributed by atoms with Crippen molar-refractivity contribution < 1.29 is 23.1 Å². The van der Waals surface area contributed by atoms with Gasteiger partial charge in [-0.2, -0.15) is 0 Å². The van der Waals surface area contributed by atoms with Crippen LogP contribution in [0.1, 0.15) is 6.42 Å². The van der Waals surface area contributed by atoms with Gasteiger partial charge in [0.1, 0.15) is 0 Å². The first kappa shape index (κ1) is 17.3. The summed E-state index contributed by atoms with van der Waals surface area (Å²) in [4.78, 5) is 12.3. The van der Waals surface area contributed by atoms with Gasteiger partial charge in [-0.3, -0.25) is 4.79 Å². The standard InChI is InChI=1S/C10H22N2O5S/c1-12(3-6-17-7-5-13)4-9-18(15,16)8-2-10(11)14/h13H,2-9H2,1H3,(H2,11,14). The smallest absolute Gasteiger partial charge is 0.218 e. The summed E-state index contributed by atoms with van der Waals surface area (Å²) in [6, 6.07) is 0. The fourth-order valence-electron chi connectivity index (χ4n) is 1.15. The molecule has 0 bridgehead atoms. The molecule has 0 aromatic rings. The average Bonchev–Trinajstić information content (AvgIpc) is 2.30. The molecule has 108 valence electrons. The molecule has 0 aliphatic carbocycles. The van der Waals surface area contributed by atoms with Crippen LogP contribution in [0.25, 0.3) is 0 Å². The molecule has 0 aromatic heterocycles. The number of nitrogens with zero attached hydrogens (tertiary/aromatic N) is 1. The highest BCUT2D eigenvalue weighted by atomic mass is 32.2. The number of hydrogen-bond donors (Lipinski definition) is 2. The van der Waals surface area contributed by atoms with Crippen LogP contribution in [-0.2, 0) is 19.4 Å². The number of aliphatic hydroxyl groups excluding tert-OH is 1. The average molecular weight is 282 g/mol. The summed E-state index contributed by atoms with van der Waals surface area (Å²) in [7, 11) is -1.45. The van der Waals surface area contributed by atoms with Crippen molar-refractivity contribution in [2.24, 2.45) is 5.73 Å². The van der Waals surface area contributed by atoms with Gasteiger partial charge in [-0.1, -0.05) is 0 Å². The molecule has 0 fully saturated rings. The van der Waals surface area contributed by atoms with Crippen LogP contribution in [0, 0.1) is 0 Å². The molecule has 0 atom stereocenters. The van der Waals surface area contributed by atoms with Crippen LogP contribution >= 0.6 is 0 Å². The van der Waals surface area contributed by atoms with Gasteiger partial charge in [0.25, 0.3) is 0 Å². The summed E-state index contributed by atoms with van der Waals surface area (Å²) in [5.74, 6) is -0.808. The predicted octanol–water partition coefficient (Wildman–Crippen LogP) is -1.78. The van der Waals surface area contributed by atoms with Gasteiger partial charge in [0.15, 0.2) is 9.84 Å². The molecule has 0 aliphatic rings. The van der Waals surface area contributed by atoms with Crippen LogP contribution in [0.5, 0.6) is 0 Å². The largest absolute Gasteiger partial charge is 0.394 e. The first-order valence-electron chi connectivity index (χ1n) is 5.73. The number of sulfone groups is 1. The topological polar surface area (TPSA) is 110 Å². The number of carbonyl (C=O) groups excluding carboxylic acids is 1. The Labute approximate surface area is 108 Å². The van der Waals surface area contributed by atoms with E-state index >= 15 is 0 Å². The molecule has 18 heavy (non-hydrogen) atoms. The Morgan fingerprint density at radius 1 is 1.28 bits per heavy atom. The lowest BCUT2D eigenvalue weighted by Crippen LogP contribution is -2.30. The minimum atomic E-state index is -3.23. The van der Waals surface area contributed by atoms with Crippen molar-refractivity contribution in [1.82, 2.24) is 4.90 Å². The van der Waals surface area contributed by atoms with Gasteiger partial charge < -0.3 is 20.5 Å². The maximum Gasteiger partial charge on any atom is 0.218 e. The van der Waals surface area contributed by atoms with E-state index in [0.29, 0.717) is 19.7 Å². The number of likely N-dealkylation sites (N-methyl/N-ethyl adjacent to an activating group) is 1. The molecule has 7 nitrogen and oxygen atoms in total. The van der Waals surface area contributed by atoms with Gasteiger partial charge in [0.05, 0.1) is 31.3 Å². The number of ether oxygens (including phenoxy) is 1. The number of rotatable bonds is 11. The highest BCUT2D eigenvalue weighted by molar-refractivity contribution is 7.91. The summed E-state index contributed by atoms with van der Waals surface area (Å²) in [5, 5.41) is 8.49. The summed E-state index contributed by atoms with van der Waals surface area (Å²) in [6.45, 7) is 1.67. The molecule has 0 saturated heterocycles. The number of primary amides is 1. The molecule has 0 unspecified atom stereocenters. The van der Waals surface area contributed by atoms with E-state index in [0.717, 1.165) is 0 Å². The lowest BCUT2D eigenvalue weighted by Gasteiger charge is -2.16. The predicted molar refractivity (Wildman–Crippen MR) is 67.9 cm³/mol. The summed E-state index contributed by atoms with van der Waals surface area (Å²) < 4.78 is 28.1. The second kappa shape index (κ2) is 9.26. The maximum atomic E-state index is 11.5. The van der Waals surface area contributed by atoms with Crippen LogP contribution < -0.4 is 5.73 Å². The number of hydrogen-bond acceptors (Lipinski definition) is 6. The van der Waals surface area contributed by atoms with Crippen molar-refractivity contribution in [3.05, 3.63) is 0 Å². The Kier molecular flexibility index (Phi) is 8.90. The molecule has 0 heterocycles. The summed E-state index contributed by atoms with van der Waals surface area (Å²) in [6.07, 6.45) is -0.133. The SMILES string of the molecule is CN(CCOCCO)CCS(=O)(=O)CCC(N)=O. The highest BCUT2D eigenvalue weighted by Gasteiger charge is 2.13. The number of aliphatic hydroxyl groups is 1. The lowest BCUT2D eigenvalue weighted by molar-refractivity contribution is -0.117. The Morgan fingerprint density at radius 3 is 2.50 bits per heavy atom. The minimum Gasteiger partial charge on any atom is -0.394 e. The van der Waals surface area contributed by atoms with Gasteiger partial charge >= 0.3 is 0 Å². The van der Waals surface area contributed by atoms with Gasteiger partial charge in [0, 0.05) is 19.5 Å². The summed E-state index contributed by atoms with van der Waals surface area (Å²) >= 11 is 0. The van der Waals surface area contributed by atoms with E-state index in [4.69, 9.17) is 15.6 Å². The van der Waals surface area contributed by atoms with Gasteiger partial charge in [-0.25, -0.2) is 8.42 Å². The van der Waals surface area contributed by atoms with E-state index in [9.17, 15) is 13.2 Å². The van der Waals surface area contributed by atoms with Crippen molar-refractivity contribution in [3.8, 4) is 0 Å². The molecule has 8 heteroatoms. The van der Waals surface area contributed by atoms with E-state index in [1.807, 2.05) is 4.90 Å². The summed E-state index contributed by atoms with van der Waals surface area (Å²) in [5.41, 5.74) is 4.90. The van der Waals surface area contributed by atoms with Crippen LogP contribution in [0.15, 0.2) is 0 Å². The van der Waals surface area contributed by atoms with E-state index in [1.165, 1.54) is 0 Å². The molecular formula is C10H22N2O5S. The van der Waals surface area contributed by atoms with Gasteiger partial charge in [0.2, 0.25) is 5.91 Å². The first-order valence-corrected chi connectivity index (χ1v) is 7.55. The number of carbonyl (C=O) groups is 1. The van der Waals surface area contributed by atoms with Crippen molar-refractivity contribution in [3.63, 3.8) is 0 Å². The quantitative estimate of drug-likeness (QED) is 0.433. The molecule has 0 radical (unpaired) electrons. The second-order valence-corrected chi connectivity index (χ2v) is 6.31. The van der Waals surface area contributed by atoms with Crippen LogP contribution in [-0.4, -0.2) is 75.8 Å². The van der Waals surface area contributed by atoms with Crippen molar-refractivity contribution >= 4 is 15.7 Å². The second-order valence-electron chi connectivity index (χ2n) is 4.01. The van der Waals surface area contributed by atoms with Crippen LogP contribution in [0.2, 0.25) is 0 Å². The van der Waals surface area contributed by atoms with Crippen LogP contribution in [0.4, 0.5) is 0 Å². The third kappa shape index (κ3) is 10.5. The zero-order valence-corrected chi connectivity index (χ0v) is 11.5. The molecule has 0 aromatic carbocycles. The van der Waals surface area contributed by atoms with Crippen molar-refractivity contribution in [2.45, 2.75) is 6.42 Å². The third-order valence-corrected chi connectivity index (χ3v) is 3.93. The highest BCUT2D eigenvalue weighted by Crippen LogP contribution is 1.95. The van der Waals surface area contributed by atoms with E-state index in [1.54, 1.807) is 7.05 Å². The fourth-order valence-corrected chi connectivity index (χ4v) is 2.46. The third-order valence-electron chi connectivity index (χ3n) is 2.30. The minimum absolute atomic E-state index is 0.00319. The zero-order valence-electron chi connectivity index (χ0n) is 10.7. The number of nitrogens with two attached hydrogens (primary N) is 1. The van der Waals surface area contributed by atoms with E-state index < -0.39 is 15.7 Å². The molecular weight excluding hydrogens is 260 g/mol. The normalized spacial score (nSPS) is 11.9. The molecule has 0 rings (SSSR count). The maximum absolute atomic E-state index is 11.5. The molecule has 0 aliphatic heterocycles. The fraction of sp³-hybridized carbons (Fsp3) is 0.900.